The zero-order valence-electron chi connectivity index (χ0n) is 42.4. The maximum atomic E-state index is 9.59. The van der Waals surface area contributed by atoms with Crippen molar-refractivity contribution in [2.75, 3.05) is 0 Å². The standard InChI is InChI=1S/C48H30O/c1-3-14-31(15-4-1)34-27-29-43-44(30-34)49-48(42-25-13-24-36-35-19-8-7-16-32(35)26-28-37(36)42)47(43)46-40-22-11-9-20-38(40)45(33-17-5-2-6-18-33)39-21-10-12-23-41(39)46/h1-30H/i7D,8D,9D,10D,11D,12D,13D,16D,19D,20D,21D,22D,23D,24D,25D,26D,28D. The summed E-state index contributed by atoms with van der Waals surface area (Å²) in [5.74, 6) is -0.332. The van der Waals surface area contributed by atoms with Gasteiger partial charge in [0.1, 0.15) is 11.3 Å². The first-order valence-corrected chi connectivity index (χ1v) is 15.5. The fourth-order valence-corrected chi connectivity index (χ4v) is 6.71. The van der Waals surface area contributed by atoms with Crippen molar-refractivity contribution in [2.45, 2.75) is 0 Å². The summed E-state index contributed by atoms with van der Waals surface area (Å²) in [4.78, 5) is 0. The van der Waals surface area contributed by atoms with E-state index in [0.29, 0.717) is 11.1 Å². The largest absolute Gasteiger partial charge is 0.455 e. The van der Waals surface area contributed by atoms with Crippen LogP contribution in [0.25, 0.3) is 98.8 Å². The summed E-state index contributed by atoms with van der Waals surface area (Å²) in [6.45, 7) is 0. The predicted octanol–water partition coefficient (Wildman–Crippen LogP) is 13.7. The molecule has 1 heterocycles. The molecule has 0 N–H and O–H groups in total. The van der Waals surface area contributed by atoms with Gasteiger partial charge >= 0.3 is 0 Å². The molecular formula is C48H30O. The quantitative estimate of drug-likeness (QED) is 0.138. The highest BCUT2D eigenvalue weighted by Crippen LogP contribution is 2.51. The van der Waals surface area contributed by atoms with Crippen LogP contribution in [-0.4, -0.2) is 0 Å². The normalized spacial score (nSPS) is 16.5. The van der Waals surface area contributed by atoms with Gasteiger partial charge in [0.25, 0.3) is 0 Å². The molecule has 1 aromatic heterocycles. The molecule has 228 valence electrons. The van der Waals surface area contributed by atoms with E-state index >= 15 is 0 Å². The third kappa shape index (κ3) is 4.33. The summed E-state index contributed by atoms with van der Waals surface area (Å²) in [7, 11) is 0. The van der Waals surface area contributed by atoms with Crippen molar-refractivity contribution in [3.05, 3.63) is 182 Å². The molecule has 9 aromatic carbocycles. The molecule has 0 fully saturated rings. The molecule has 0 amide bonds. The number of furan rings is 1. The van der Waals surface area contributed by atoms with E-state index in [4.69, 9.17) is 15.4 Å². The van der Waals surface area contributed by atoms with Crippen LogP contribution in [-0.2, 0) is 0 Å². The molecule has 1 heteroatoms. The maximum Gasteiger partial charge on any atom is 0.143 e. The van der Waals surface area contributed by atoms with Crippen LogP contribution in [0, 0.1) is 0 Å². The van der Waals surface area contributed by atoms with Crippen molar-refractivity contribution in [2.24, 2.45) is 0 Å². The molecule has 0 unspecified atom stereocenters. The lowest BCUT2D eigenvalue weighted by Gasteiger charge is -2.18. The highest BCUT2D eigenvalue weighted by atomic mass is 16.3. The highest BCUT2D eigenvalue weighted by molar-refractivity contribution is 6.25. The Balaban J connectivity index is 1.54. The minimum atomic E-state index is -0.738. The number of rotatable bonds is 4. The topological polar surface area (TPSA) is 13.1 Å². The molecule has 10 aromatic rings. The molecule has 0 bridgehead atoms. The fraction of sp³-hybridized carbons (Fsp3) is 0. The molecule has 0 atom stereocenters. The van der Waals surface area contributed by atoms with E-state index in [1.54, 1.807) is 48.5 Å². The van der Waals surface area contributed by atoms with Crippen LogP contribution in [0.1, 0.15) is 23.3 Å². The maximum absolute atomic E-state index is 9.59. The second kappa shape index (κ2) is 11.1. The molecule has 10 rings (SSSR count). The number of hydrogen-bond donors (Lipinski definition) is 0. The molecule has 0 aliphatic carbocycles. The molecule has 0 spiro atoms. The van der Waals surface area contributed by atoms with Gasteiger partial charge < -0.3 is 4.42 Å². The van der Waals surface area contributed by atoms with Crippen molar-refractivity contribution in [1.29, 1.82) is 0 Å². The second-order valence-electron chi connectivity index (χ2n) is 11.5. The van der Waals surface area contributed by atoms with Gasteiger partial charge in [0.2, 0.25) is 0 Å². The van der Waals surface area contributed by atoms with Gasteiger partial charge in [0.15, 0.2) is 0 Å². The van der Waals surface area contributed by atoms with Crippen molar-refractivity contribution >= 4 is 54.1 Å². The molecule has 1 nitrogen and oxygen atoms in total. The molecule has 0 saturated carbocycles. The average Bonchev–Trinajstić information content (AvgIpc) is 3.70. The lowest BCUT2D eigenvalue weighted by molar-refractivity contribution is 0.633. The van der Waals surface area contributed by atoms with E-state index in [1.807, 2.05) is 30.3 Å². The van der Waals surface area contributed by atoms with Gasteiger partial charge in [0.05, 0.1) is 23.3 Å². The van der Waals surface area contributed by atoms with E-state index in [2.05, 4.69) is 0 Å². The average molecular weight is 640 g/mol. The molecule has 0 aliphatic rings. The summed E-state index contributed by atoms with van der Waals surface area (Å²) in [5, 5.41) is -1.77. The first-order chi connectivity index (χ1) is 31.4. The van der Waals surface area contributed by atoms with Gasteiger partial charge in [-0.25, -0.2) is 0 Å². The van der Waals surface area contributed by atoms with Crippen molar-refractivity contribution in [3.63, 3.8) is 0 Å². The van der Waals surface area contributed by atoms with E-state index in [-0.39, 0.29) is 82.1 Å². The van der Waals surface area contributed by atoms with Crippen LogP contribution in [0.4, 0.5) is 0 Å². The van der Waals surface area contributed by atoms with Crippen LogP contribution in [0.3, 0.4) is 0 Å². The predicted molar refractivity (Wildman–Crippen MR) is 208 cm³/mol. The van der Waals surface area contributed by atoms with E-state index in [0.717, 1.165) is 5.56 Å². The number of benzene rings is 9. The van der Waals surface area contributed by atoms with Crippen molar-refractivity contribution in [1.82, 2.24) is 0 Å². The Bertz CT molecular complexity index is 3750. The van der Waals surface area contributed by atoms with E-state index in [9.17, 15) is 12.3 Å². The highest BCUT2D eigenvalue weighted by Gasteiger charge is 2.25. The van der Waals surface area contributed by atoms with Crippen LogP contribution in [0.2, 0.25) is 0 Å². The zero-order chi connectivity index (χ0) is 47.1. The summed E-state index contributed by atoms with van der Waals surface area (Å²) in [6, 6.07) is 11.8. The smallest absolute Gasteiger partial charge is 0.143 e. The molecule has 0 saturated heterocycles. The molecule has 49 heavy (non-hydrogen) atoms. The summed E-state index contributed by atoms with van der Waals surface area (Å²) >= 11 is 0. The SMILES string of the molecule is [2H]c1c([2H])c([2H])c2c(-c3c(-c4c([2H])c([2H])c([2H])c5c4c([2H])c([2H])c4c([2H])c([2H])c([2H])c([2H])c45)oc4cc(-c5ccccc5)ccc34)c3c([2H])c([2H])c([2H])c([2H])c3c(-c3ccccc3)c2c1[2H]. The zero-order valence-corrected chi connectivity index (χ0v) is 25.4. The van der Waals surface area contributed by atoms with E-state index < -0.39 is 103 Å². The van der Waals surface area contributed by atoms with Gasteiger partial charge in [-0.05, 0) is 77.5 Å². The van der Waals surface area contributed by atoms with E-state index in [1.165, 1.54) is 0 Å². The Hall–Kier alpha value is -6.44. The monoisotopic (exact) mass is 639 g/mol. The summed E-state index contributed by atoms with van der Waals surface area (Å²) in [6.07, 6.45) is 0. The minimum Gasteiger partial charge on any atom is -0.455 e. The van der Waals surface area contributed by atoms with Crippen LogP contribution < -0.4 is 0 Å². The lowest BCUT2D eigenvalue weighted by atomic mass is 9.84. The summed E-state index contributed by atoms with van der Waals surface area (Å²) < 4.78 is 162. The summed E-state index contributed by atoms with van der Waals surface area (Å²) in [5.41, 5.74) is 1.38. The second-order valence-corrected chi connectivity index (χ2v) is 11.5. The van der Waals surface area contributed by atoms with Gasteiger partial charge in [-0.15, -0.1) is 0 Å². The Kier molecular flexibility index (Phi) is 3.54. The van der Waals surface area contributed by atoms with Gasteiger partial charge in [0, 0.05) is 22.1 Å². The van der Waals surface area contributed by atoms with Gasteiger partial charge in [-0.3, -0.25) is 0 Å². The minimum absolute atomic E-state index is 0.0674. The Morgan fingerprint density at radius 3 is 1.65 bits per heavy atom. The third-order valence-corrected chi connectivity index (χ3v) is 8.84. The molecule has 0 radical (unpaired) electrons. The van der Waals surface area contributed by atoms with Crippen LogP contribution in [0.15, 0.2) is 186 Å². The van der Waals surface area contributed by atoms with Crippen molar-refractivity contribution in [3.8, 4) is 44.7 Å². The molecule has 0 aliphatic heterocycles. The molecular weight excluding hydrogens is 593 g/mol. The van der Waals surface area contributed by atoms with Crippen molar-refractivity contribution < 1.29 is 27.7 Å². The van der Waals surface area contributed by atoms with Gasteiger partial charge in [-0.1, -0.05) is 169 Å². The Labute approximate surface area is 308 Å². The van der Waals surface area contributed by atoms with Crippen LogP contribution in [0.5, 0.6) is 0 Å². The van der Waals surface area contributed by atoms with Crippen LogP contribution >= 0.6 is 0 Å². The number of hydrogen-bond acceptors (Lipinski definition) is 1. The fourth-order valence-electron chi connectivity index (χ4n) is 6.71. The Morgan fingerprint density at radius 1 is 0.367 bits per heavy atom. The number of fused-ring (bicyclic) bond motifs is 6. The lowest BCUT2D eigenvalue weighted by Crippen LogP contribution is -1.92. The van der Waals surface area contributed by atoms with Gasteiger partial charge in [-0.2, -0.15) is 0 Å². The first kappa shape index (κ1) is 15.6. The third-order valence-electron chi connectivity index (χ3n) is 8.84. The Morgan fingerprint density at radius 2 is 0.959 bits per heavy atom. The first-order valence-electron chi connectivity index (χ1n) is 24.0.